The van der Waals surface area contributed by atoms with Crippen LogP contribution in [0.5, 0.6) is 0 Å². The average molecular weight is 636 g/mol. The maximum absolute atomic E-state index is 14.5. The Hall–Kier alpha value is -4.56. The zero-order valence-corrected chi connectivity index (χ0v) is 26.9. The van der Waals surface area contributed by atoms with Crippen LogP contribution in [0, 0.1) is 5.92 Å². The van der Waals surface area contributed by atoms with Gasteiger partial charge in [0.15, 0.2) is 0 Å². The number of nitrogens with one attached hydrogen (secondary N) is 2. The summed E-state index contributed by atoms with van der Waals surface area (Å²) in [6.45, 7) is 3.55. The quantitative estimate of drug-likeness (QED) is 0.225. The van der Waals surface area contributed by atoms with Gasteiger partial charge >= 0.3 is 0 Å². The van der Waals surface area contributed by atoms with E-state index in [9.17, 15) is 14.4 Å². The van der Waals surface area contributed by atoms with E-state index in [4.69, 9.17) is 11.6 Å². The van der Waals surface area contributed by atoms with Gasteiger partial charge in [-0.1, -0.05) is 54.9 Å². The summed E-state index contributed by atoms with van der Waals surface area (Å²) in [4.78, 5) is 48.9. The molecule has 0 bridgehead atoms. The lowest BCUT2D eigenvalue weighted by molar-refractivity contribution is -0.131. The molecule has 0 aliphatic carbocycles. The smallest absolute Gasteiger partial charge is 0.270 e. The van der Waals surface area contributed by atoms with E-state index in [1.54, 1.807) is 0 Å². The number of aryl methyl sites for hydroxylation is 2. The summed E-state index contributed by atoms with van der Waals surface area (Å²) >= 11 is 6.30. The third-order valence-corrected chi connectivity index (χ3v) is 10.2. The molecule has 2 aliphatic heterocycles. The highest BCUT2D eigenvalue weighted by molar-refractivity contribution is 6.30. The monoisotopic (exact) mass is 635 g/mol. The highest BCUT2D eigenvalue weighted by atomic mass is 35.5. The van der Waals surface area contributed by atoms with E-state index in [-0.39, 0.29) is 29.6 Å². The van der Waals surface area contributed by atoms with Gasteiger partial charge < -0.3 is 24.7 Å². The molecule has 0 saturated carbocycles. The van der Waals surface area contributed by atoms with Gasteiger partial charge in [0.2, 0.25) is 11.8 Å². The fourth-order valence-corrected chi connectivity index (χ4v) is 7.48. The van der Waals surface area contributed by atoms with E-state index in [2.05, 4.69) is 10.3 Å². The van der Waals surface area contributed by atoms with Crippen LogP contribution in [0.1, 0.15) is 53.7 Å². The zero-order chi connectivity index (χ0) is 31.9. The number of carbonyl (C=O) groups is 3. The maximum atomic E-state index is 14.5. The molecule has 46 heavy (non-hydrogen) atoms. The van der Waals surface area contributed by atoms with E-state index in [0.29, 0.717) is 43.2 Å². The second-order valence-corrected chi connectivity index (χ2v) is 13.1. The largest absolute Gasteiger partial charge is 0.361 e. The van der Waals surface area contributed by atoms with Crippen LogP contribution in [-0.4, -0.2) is 57.8 Å². The van der Waals surface area contributed by atoms with Crippen molar-refractivity contribution in [3.05, 3.63) is 101 Å². The van der Waals surface area contributed by atoms with Crippen molar-refractivity contribution in [2.45, 2.75) is 44.6 Å². The Balaban J connectivity index is 1.11. The van der Waals surface area contributed by atoms with Crippen LogP contribution >= 0.6 is 11.6 Å². The molecule has 7 rings (SSSR count). The zero-order valence-electron chi connectivity index (χ0n) is 26.1. The van der Waals surface area contributed by atoms with Crippen molar-refractivity contribution in [3.8, 4) is 0 Å². The van der Waals surface area contributed by atoms with Crippen molar-refractivity contribution in [2.24, 2.45) is 13.0 Å². The fraction of sp³-hybridized carbons (Fsp3) is 0.324. The normalized spacial score (nSPS) is 16.8. The fourth-order valence-electron chi connectivity index (χ4n) is 7.29. The van der Waals surface area contributed by atoms with Crippen molar-refractivity contribution >= 4 is 56.8 Å². The number of piperidine rings is 1. The molecule has 0 spiro atoms. The third kappa shape index (κ3) is 5.45. The molecule has 3 aromatic carbocycles. The number of fused-ring (bicyclic) bond motifs is 3. The standard InChI is InChI=1S/C37H38ClN5O3/c1-23(29-22-39-30-11-5-4-10-28(29)30)34(37(46)43-17-7-9-25-20-27(38)13-14-32(25)43)40-35(44)24-15-18-42(19-16-24)36(45)33-21-26-8-3-6-12-31(26)41(33)2/h3-6,8,10-14,20-24,34,39H,7,9,15-19H2,1-2H3,(H,40,44). The van der Waals surface area contributed by atoms with E-state index >= 15 is 0 Å². The van der Waals surface area contributed by atoms with Gasteiger partial charge in [-0.05, 0) is 73.2 Å². The van der Waals surface area contributed by atoms with Gasteiger partial charge in [0.1, 0.15) is 11.7 Å². The van der Waals surface area contributed by atoms with Gasteiger partial charge in [0, 0.05) is 77.2 Å². The van der Waals surface area contributed by atoms with Crippen molar-refractivity contribution < 1.29 is 14.4 Å². The van der Waals surface area contributed by atoms with Gasteiger partial charge in [-0.25, -0.2) is 0 Å². The number of likely N-dealkylation sites (tertiary alicyclic amines) is 1. The number of hydrogen-bond acceptors (Lipinski definition) is 3. The molecule has 2 atom stereocenters. The average Bonchev–Trinajstić information content (AvgIpc) is 3.67. The molecule has 2 aliphatic rings. The first-order valence-corrected chi connectivity index (χ1v) is 16.5. The van der Waals surface area contributed by atoms with Crippen LogP contribution in [-0.2, 0) is 23.1 Å². The number of carbonyl (C=O) groups excluding carboxylic acids is 3. The van der Waals surface area contributed by atoms with E-state index in [1.165, 1.54) is 0 Å². The van der Waals surface area contributed by atoms with Crippen LogP contribution in [0.15, 0.2) is 79.0 Å². The SMILES string of the molecule is CC(c1c[nH]c2ccccc12)C(NC(=O)C1CCN(C(=O)c2cc3ccccc3n2C)CC1)C(=O)N1CCCc2cc(Cl)ccc21. The van der Waals surface area contributed by atoms with Gasteiger partial charge in [-0.15, -0.1) is 0 Å². The number of rotatable bonds is 6. The molecule has 1 saturated heterocycles. The third-order valence-electron chi connectivity index (χ3n) is 9.93. The van der Waals surface area contributed by atoms with E-state index in [0.717, 1.165) is 51.5 Å². The number of nitrogens with zero attached hydrogens (tertiary/aromatic N) is 3. The molecule has 0 radical (unpaired) electrons. The Morgan fingerprint density at radius 1 is 0.957 bits per heavy atom. The number of anilines is 1. The summed E-state index contributed by atoms with van der Waals surface area (Å²) in [6, 6.07) is 22.8. The van der Waals surface area contributed by atoms with E-state index in [1.807, 2.05) is 107 Å². The second kappa shape index (κ2) is 12.3. The maximum Gasteiger partial charge on any atom is 0.270 e. The Kier molecular flexibility index (Phi) is 8.07. The Bertz CT molecular complexity index is 1950. The molecule has 9 heteroatoms. The minimum absolute atomic E-state index is 0.0255. The second-order valence-electron chi connectivity index (χ2n) is 12.6. The van der Waals surface area contributed by atoms with Crippen LogP contribution in [0.4, 0.5) is 5.69 Å². The Labute approximate surface area is 273 Å². The molecule has 3 amide bonds. The predicted octanol–water partition coefficient (Wildman–Crippen LogP) is 6.43. The van der Waals surface area contributed by atoms with Gasteiger partial charge in [0.05, 0.1) is 0 Å². The number of para-hydroxylation sites is 2. The number of aromatic amines is 1. The van der Waals surface area contributed by atoms with Crippen molar-refractivity contribution in [1.82, 2.24) is 19.8 Å². The summed E-state index contributed by atoms with van der Waals surface area (Å²) < 4.78 is 1.94. The molecule has 2 unspecified atom stereocenters. The summed E-state index contributed by atoms with van der Waals surface area (Å²) in [5, 5.41) is 5.92. The number of benzene rings is 3. The van der Waals surface area contributed by atoms with Crippen molar-refractivity contribution in [1.29, 1.82) is 0 Å². The minimum atomic E-state index is -0.774. The molecule has 1 fully saturated rings. The van der Waals surface area contributed by atoms with Gasteiger partial charge in [-0.3, -0.25) is 14.4 Å². The molecule has 236 valence electrons. The molecule has 5 aromatic rings. The summed E-state index contributed by atoms with van der Waals surface area (Å²) in [7, 11) is 1.91. The van der Waals surface area contributed by atoms with Crippen LogP contribution in [0.2, 0.25) is 5.02 Å². The first kappa shape index (κ1) is 30.1. The first-order valence-electron chi connectivity index (χ1n) is 16.1. The minimum Gasteiger partial charge on any atom is -0.361 e. The highest BCUT2D eigenvalue weighted by Crippen LogP contribution is 2.34. The number of hydrogen-bond donors (Lipinski definition) is 2. The Morgan fingerprint density at radius 2 is 1.72 bits per heavy atom. The first-order chi connectivity index (χ1) is 22.3. The number of H-pyrrole nitrogens is 1. The summed E-state index contributed by atoms with van der Waals surface area (Å²) in [6.07, 6.45) is 4.70. The van der Waals surface area contributed by atoms with Crippen LogP contribution in [0.25, 0.3) is 21.8 Å². The number of aromatic nitrogens is 2. The van der Waals surface area contributed by atoms with Crippen LogP contribution in [0.3, 0.4) is 0 Å². The molecule has 4 heterocycles. The van der Waals surface area contributed by atoms with E-state index < -0.39 is 6.04 Å². The lowest BCUT2D eigenvalue weighted by atomic mass is 9.89. The van der Waals surface area contributed by atoms with Crippen molar-refractivity contribution in [2.75, 3.05) is 24.5 Å². The molecule has 2 aromatic heterocycles. The highest BCUT2D eigenvalue weighted by Gasteiger charge is 2.37. The Morgan fingerprint density at radius 3 is 2.52 bits per heavy atom. The van der Waals surface area contributed by atoms with Gasteiger partial charge in [-0.2, -0.15) is 0 Å². The molecule has 2 N–H and O–H groups in total. The topological polar surface area (TPSA) is 90.4 Å². The van der Waals surface area contributed by atoms with Crippen LogP contribution < -0.4 is 10.2 Å². The predicted molar refractivity (Wildman–Crippen MR) is 182 cm³/mol. The molecule has 8 nitrogen and oxygen atoms in total. The summed E-state index contributed by atoms with van der Waals surface area (Å²) in [5.41, 5.74) is 5.53. The number of amides is 3. The lowest BCUT2D eigenvalue weighted by Crippen LogP contribution is -2.54. The van der Waals surface area contributed by atoms with Crippen molar-refractivity contribution in [3.63, 3.8) is 0 Å². The number of halogens is 1. The summed E-state index contributed by atoms with van der Waals surface area (Å²) in [5.74, 6) is -0.886. The lowest BCUT2D eigenvalue weighted by Gasteiger charge is -2.36. The molecular weight excluding hydrogens is 598 g/mol. The van der Waals surface area contributed by atoms with Gasteiger partial charge in [0.25, 0.3) is 5.91 Å². The molecular formula is C37H38ClN5O3.